The molecule has 0 heterocycles. The summed E-state index contributed by atoms with van der Waals surface area (Å²) >= 11 is 0. The molecule has 0 aliphatic heterocycles. The lowest BCUT2D eigenvalue weighted by molar-refractivity contribution is -0.230. The Morgan fingerprint density at radius 3 is 1.81 bits per heavy atom. The molecule has 4 aromatic rings. The molecule has 8 rings (SSSR count). The van der Waals surface area contributed by atoms with Crippen LogP contribution in [-0.2, 0) is 40.6 Å². The van der Waals surface area contributed by atoms with Crippen molar-refractivity contribution >= 4 is 17.7 Å². The molecule has 4 aromatic carbocycles. The van der Waals surface area contributed by atoms with Crippen LogP contribution >= 0.6 is 0 Å². The van der Waals surface area contributed by atoms with Gasteiger partial charge in [-0.1, -0.05) is 168 Å². The normalized spacial score (nSPS) is 30.5. The topological polar surface area (TPSA) is 119 Å². The summed E-state index contributed by atoms with van der Waals surface area (Å²) in [6.45, 7) is 10.9. The van der Waals surface area contributed by atoms with Crippen LogP contribution < -0.4 is 0 Å². The Hall–Kier alpha value is -5.15. The van der Waals surface area contributed by atoms with Gasteiger partial charge in [0.2, 0.25) is 0 Å². The number of benzene rings is 4. The molecule has 0 bridgehead atoms. The summed E-state index contributed by atoms with van der Waals surface area (Å²) in [4.78, 5) is 41.8. The third-order valence-electron chi connectivity index (χ3n) is 14.0. The number of carbonyl (C=O) groups excluding carboxylic acids is 3. The molecule has 0 radical (unpaired) electrons. The van der Waals surface area contributed by atoms with Gasteiger partial charge in [-0.2, -0.15) is 0 Å². The van der Waals surface area contributed by atoms with Gasteiger partial charge < -0.3 is 24.4 Å². The Labute approximate surface area is 346 Å². The van der Waals surface area contributed by atoms with E-state index in [2.05, 4.69) is 0 Å². The van der Waals surface area contributed by atoms with Crippen molar-refractivity contribution in [2.45, 2.75) is 82.9 Å². The number of aliphatic hydroxyl groups is 2. The third kappa shape index (κ3) is 6.25. The highest BCUT2D eigenvalue weighted by atomic mass is 16.6. The fourth-order valence-corrected chi connectivity index (χ4v) is 11.0. The molecule has 2 N–H and O–H groups in total. The molecule has 8 atom stereocenters. The quantitative estimate of drug-likeness (QED) is 0.0893. The average Bonchev–Trinajstić information content (AvgIpc) is 3.66. The van der Waals surface area contributed by atoms with Crippen LogP contribution in [0.1, 0.15) is 70.2 Å². The number of rotatable bonds is 11. The lowest BCUT2D eigenvalue weighted by Gasteiger charge is -2.53. The lowest BCUT2D eigenvalue weighted by Crippen LogP contribution is -2.66. The fourth-order valence-electron chi connectivity index (χ4n) is 11.0. The summed E-state index contributed by atoms with van der Waals surface area (Å²) in [6.07, 6.45) is 2.48. The zero-order chi connectivity index (χ0) is 42.0. The van der Waals surface area contributed by atoms with Crippen LogP contribution in [0.4, 0.5) is 0 Å². The number of esters is 2. The summed E-state index contributed by atoms with van der Waals surface area (Å²) in [5.74, 6) is -5.21. The number of carbonyl (C=O) groups is 3. The van der Waals surface area contributed by atoms with E-state index in [-0.39, 0.29) is 19.4 Å². The Morgan fingerprint density at radius 2 is 1.31 bits per heavy atom. The van der Waals surface area contributed by atoms with Gasteiger partial charge in [0.15, 0.2) is 11.4 Å². The van der Waals surface area contributed by atoms with E-state index in [1.165, 1.54) is 0 Å². The van der Waals surface area contributed by atoms with Gasteiger partial charge in [-0.25, -0.2) is 0 Å². The first-order valence-electron chi connectivity index (χ1n) is 20.8. The summed E-state index contributed by atoms with van der Waals surface area (Å²) in [6, 6.07) is 39.3. The fraction of sp³-hybridized carbons (Fsp3) is 0.392. The number of hydrogen-bond acceptors (Lipinski definition) is 8. The minimum absolute atomic E-state index is 0.00777. The van der Waals surface area contributed by atoms with E-state index in [9.17, 15) is 24.6 Å². The van der Waals surface area contributed by atoms with Crippen molar-refractivity contribution in [2.24, 2.45) is 35.0 Å². The molecule has 4 aliphatic rings. The predicted molar refractivity (Wildman–Crippen MR) is 224 cm³/mol. The standard InChI is InChI=1S/C51H54O8/c1-32(2)46(54)58-45-34(4)49(56)40(43-47(5,6)51(43,45)59-42(52)29-35-19-11-7-12-20-35)28-36(30-48(55)41(49)27-33(3)44(48)53)31-57-50(37-21-13-8-14-22-37,38-23-15-9-16-24-38)39-25-17-10-18-26-39/h7-28,32,34,40-41,43,45,55-56H,29-31H2,1-6H3/t34-,40+,41-,43-,45-,48-,49-,51-/m1/s1. The smallest absolute Gasteiger partial charge is 0.310 e. The second-order valence-corrected chi connectivity index (χ2v) is 18.0. The molecule has 0 saturated heterocycles. The maximum Gasteiger partial charge on any atom is 0.310 e. The SMILES string of the molecule is CC1=C[C@H]2[C@@]3(O)[C@H](C)[C@@H](OC(=O)C(C)C)[C@]4(OC(=O)Cc5ccccc5)[C@H]([C@@H]3C=C(COC(c3ccccc3)(c3ccccc3)c3ccccc3)C[C@]2(O)C1=O)C4(C)C. The highest BCUT2D eigenvalue weighted by Crippen LogP contribution is 2.77. The molecule has 2 saturated carbocycles. The highest BCUT2D eigenvalue weighted by molar-refractivity contribution is 6.05. The van der Waals surface area contributed by atoms with Crippen molar-refractivity contribution in [2.75, 3.05) is 6.61 Å². The number of Topliss-reactive ketones (excluding diaryl/α,β-unsaturated/α-hetero) is 1. The number of hydrogen-bond donors (Lipinski definition) is 2. The van der Waals surface area contributed by atoms with Crippen molar-refractivity contribution in [1.29, 1.82) is 0 Å². The average molecular weight is 795 g/mol. The molecular weight excluding hydrogens is 741 g/mol. The number of ether oxygens (including phenoxy) is 3. The molecule has 0 spiro atoms. The van der Waals surface area contributed by atoms with E-state index in [0.717, 1.165) is 22.3 Å². The molecule has 4 aliphatic carbocycles. The van der Waals surface area contributed by atoms with Gasteiger partial charge in [-0.15, -0.1) is 0 Å². The molecule has 8 heteroatoms. The van der Waals surface area contributed by atoms with Gasteiger partial charge in [0.25, 0.3) is 0 Å². The Bertz CT molecular complexity index is 2190. The van der Waals surface area contributed by atoms with E-state index in [1.54, 1.807) is 33.8 Å². The van der Waals surface area contributed by atoms with Crippen molar-refractivity contribution in [3.63, 3.8) is 0 Å². The second kappa shape index (κ2) is 14.8. The van der Waals surface area contributed by atoms with Gasteiger partial charge in [-0.05, 0) is 40.3 Å². The molecule has 2 fully saturated rings. The van der Waals surface area contributed by atoms with E-state index in [0.29, 0.717) is 11.1 Å². The Kier molecular flexibility index (Phi) is 10.2. The molecule has 0 aromatic heterocycles. The Balaban J connectivity index is 1.28. The van der Waals surface area contributed by atoms with Crippen LogP contribution in [0, 0.1) is 35.0 Å². The van der Waals surface area contributed by atoms with Crippen LogP contribution in [0.2, 0.25) is 0 Å². The second-order valence-electron chi connectivity index (χ2n) is 18.0. The maximum absolute atomic E-state index is 14.2. The molecule has 8 nitrogen and oxygen atoms in total. The summed E-state index contributed by atoms with van der Waals surface area (Å²) in [5, 5.41) is 26.4. The summed E-state index contributed by atoms with van der Waals surface area (Å²) in [7, 11) is 0. The van der Waals surface area contributed by atoms with Crippen LogP contribution in [-0.4, -0.2) is 57.4 Å². The first-order valence-corrected chi connectivity index (χ1v) is 20.8. The lowest BCUT2D eigenvalue weighted by atomic mass is 9.59. The minimum atomic E-state index is -2.03. The van der Waals surface area contributed by atoms with Crippen LogP contribution in [0.15, 0.2) is 145 Å². The zero-order valence-electron chi connectivity index (χ0n) is 34.6. The van der Waals surface area contributed by atoms with E-state index in [1.807, 2.05) is 141 Å². The van der Waals surface area contributed by atoms with Gasteiger partial charge in [-0.3, -0.25) is 14.4 Å². The molecule has 306 valence electrons. The largest absolute Gasteiger partial charge is 0.457 e. The van der Waals surface area contributed by atoms with Gasteiger partial charge in [0.05, 0.1) is 24.5 Å². The predicted octanol–water partition coefficient (Wildman–Crippen LogP) is 7.95. The molecular formula is C51H54O8. The van der Waals surface area contributed by atoms with Crippen molar-refractivity contribution in [1.82, 2.24) is 0 Å². The monoisotopic (exact) mass is 794 g/mol. The number of ketones is 1. The van der Waals surface area contributed by atoms with Crippen LogP contribution in [0.5, 0.6) is 0 Å². The maximum atomic E-state index is 14.2. The van der Waals surface area contributed by atoms with Gasteiger partial charge in [0, 0.05) is 35.5 Å². The van der Waals surface area contributed by atoms with Crippen molar-refractivity contribution in [3.8, 4) is 0 Å². The zero-order valence-corrected chi connectivity index (χ0v) is 34.6. The summed E-state index contributed by atoms with van der Waals surface area (Å²) in [5.41, 5.74) is -2.64. The first-order chi connectivity index (χ1) is 28.1. The number of fused-ring (bicyclic) bond motifs is 5. The Morgan fingerprint density at radius 1 is 0.797 bits per heavy atom. The van der Waals surface area contributed by atoms with Crippen molar-refractivity contribution in [3.05, 3.63) is 167 Å². The van der Waals surface area contributed by atoms with Crippen molar-refractivity contribution < 1.29 is 38.8 Å². The first kappa shape index (κ1) is 40.6. The minimum Gasteiger partial charge on any atom is -0.457 e. The van der Waals surface area contributed by atoms with E-state index in [4.69, 9.17) is 14.2 Å². The third-order valence-corrected chi connectivity index (χ3v) is 14.0. The van der Waals surface area contributed by atoms with Gasteiger partial charge >= 0.3 is 11.9 Å². The highest BCUT2D eigenvalue weighted by Gasteiger charge is 2.88. The van der Waals surface area contributed by atoms with E-state index < -0.39 is 81.2 Å². The van der Waals surface area contributed by atoms with Crippen LogP contribution in [0.25, 0.3) is 0 Å². The van der Waals surface area contributed by atoms with Gasteiger partial charge in [0.1, 0.15) is 17.3 Å². The van der Waals surface area contributed by atoms with Crippen LogP contribution in [0.3, 0.4) is 0 Å². The molecule has 0 unspecified atom stereocenters. The molecule has 0 amide bonds. The summed E-state index contributed by atoms with van der Waals surface area (Å²) < 4.78 is 20.3. The molecule has 59 heavy (non-hydrogen) atoms. The van der Waals surface area contributed by atoms with E-state index >= 15 is 0 Å².